The molecular weight excluding hydrogens is 257 g/mol. The molecule has 19 heavy (non-hydrogen) atoms. The minimum absolute atomic E-state index is 0.181. The number of fused-ring (bicyclic) bond motifs is 1. The first-order chi connectivity index (χ1) is 9.05. The second-order valence-electron chi connectivity index (χ2n) is 4.71. The van der Waals surface area contributed by atoms with Crippen molar-refractivity contribution in [2.45, 2.75) is 24.9 Å². The van der Waals surface area contributed by atoms with Crippen molar-refractivity contribution in [3.05, 3.63) is 29.7 Å². The van der Waals surface area contributed by atoms with Crippen molar-refractivity contribution in [2.24, 2.45) is 0 Å². The minimum atomic E-state index is -4.43. The number of hydrogen-bond acceptors (Lipinski definition) is 3. The second kappa shape index (κ2) is 4.48. The average Bonchev–Trinajstić information content (AvgIpc) is 2.83. The summed E-state index contributed by atoms with van der Waals surface area (Å²) in [4.78, 5) is 3.95. The van der Waals surface area contributed by atoms with E-state index in [1.54, 1.807) is 12.3 Å². The van der Waals surface area contributed by atoms with Crippen LogP contribution in [-0.2, 0) is 6.18 Å². The minimum Gasteiger partial charge on any atom is -0.316 e. The average molecular weight is 270 g/mol. The molecule has 0 saturated carbocycles. The summed E-state index contributed by atoms with van der Waals surface area (Å²) in [5.41, 5.74) is 0.138. The Labute approximate surface area is 107 Å². The van der Waals surface area contributed by atoms with E-state index in [0.29, 0.717) is 0 Å². The molecule has 4 nitrogen and oxygen atoms in total. The molecule has 3 rings (SSSR count). The molecule has 2 aromatic rings. The molecule has 1 N–H and O–H groups in total. The second-order valence-corrected chi connectivity index (χ2v) is 4.71. The largest absolute Gasteiger partial charge is 0.435 e. The van der Waals surface area contributed by atoms with Gasteiger partial charge in [-0.2, -0.15) is 18.3 Å². The number of halogens is 3. The Morgan fingerprint density at radius 2 is 2.21 bits per heavy atom. The molecule has 1 unspecified atom stereocenters. The van der Waals surface area contributed by atoms with Crippen molar-refractivity contribution in [3.8, 4) is 0 Å². The van der Waals surface area contributed by atoms with E-state index < -0.39 is 11.9 Å². The van der Waals surface area contributed by atoms with Gasteiger partial charge in [-0.25, -0.2) is 9.50 Å². The van der Waals surface area contributed by atoms with Gasteiger partial charge in [0, 0.05) is 24.7 Å². The molecule has 1 aliphatic rings. The van der Waals surface area contributed by atoms with Crippen molar-refractivity contribution in [1.82, 2.24) is 19.9 Å². The molecule has 3 heterocycles. The third kappa shape index (κ3) is 2.30. The normalized spacial score (nSPS) is 20.9. The van der Waals surface area contributed by atoms with Crippen LogP contribution < -0.4 is 5.32 Å². The van der Waals surface area contributed by atoms with Crippen LogP contribution in [0.2, 0.25) is 0 Å². The number of nitrogens with zero attached hydrogens (tertiary/aromatic N) is 3. The van der Waals surface area contributed by atoms with Crippen LogP contribution in [-0.4, -0.2) is 27.7 Å². The van der Waals surface area contributed by atoms with Crippen molar-refractivity contribution in [3.63, 3.8) is 0 Å². The highest BCUT2D eigenvalue weighted by Crippen LogP contribution is 2.30. The summed E-state index contributed by atoms with van der Waals surface area (Å²) in [5, 5.41) is 6.91. The molecule has 0 bridgehead atoms. The molecule has 1 aliphatic heterocycles. The Morgan fingerprint density at radius 1 is 1.37 bits per heavy atom. The lowest BCUT2D eigenvalue weighted by Gasteiger charge is -2.23. The van der Waals surface area contributed by atoms with Crippen molar-refractivity contribution < 1.29 is 13.2 Å². The maximum Gasteiger partial charge on any atom is 0.435 e. The third-order valence-corrected chi connectivity index (χ3v) is 3.39. The smallest absolute Gasteiger partial charge is 0.316 e. The zero-order valence-electron chi connectivity index (χ0n) is 10.1. The molecule has 1 saturated heterocycles. The summed E-state index contributed by atoms with van der Waals surface area (Å²) in [7, 11) is 0. The van der Waals surface area contributed by atoms with Gasteiger partial charge in [0.25, 0.3) is 0 Å². The molecule has 7 heteroatoms. The fourth-order valence-corrected chi connectivity index (χ4v) is 2.47. The van der Waals surface area contributed by atoms with E-state index in [1.807, 2.05) is 0 Å². The summed E-state index contributed by atoms with van der Waals surface area (Å²) in [5.74, 6) is 0.181. The van der Waals surface area contributed by atoms with E-state index in [9.17, 15) is 13.2 Å². The lowest BCUT2D eigenvalue weighted by atomic mass is 9.96. The monoisotopic (exact) mass is 270 g/mol. The third-order valence-electron chi connectivity index (χ3n) is 3.39. The summed E-state index contributed by atoms with van der Waals surface area (Å²) < 4.78 is 39.4. The molecule has 0 radical (unpaired) electrons. The van der Waals surface area contributed by atoms with E-state index in [2.05, 4.69) is 15.4 Å². The Morgan fingerprint density at radius 3 is 2.89 bits per heavy atom. The van der Waals surface area contributed by atoms with Crippen molar-refractivity contribution in [1.29, 1.82) is 0 Å². The van der Waals surface area contributed by atoms with Gasteiger partial charge < -0.3 is 5.32 Å². The Kier molecular flexibility index (Phi) is 2.93. The molecule has 0 aromatic carbocycles. The Balaban J connectivity index is 2.07. The van der Waals surface area contributed by atoms with Gasteiger partial charge in [-0.1, -0.05) is 0 Å². The van der Waals surface area contributed by atoms with Gasteiger partial charge in [0.05, 0.1) is 5.69 Å². The van der Waals surface area contributed by atoms with Gasteiger partial charge in [0.1, 0.15) is 0 Å². The first-order valence-corrected chi connectivity index (χ1v) is 6.18. The molecule has 102 valence electrons. The lowest BCUT2D eigenvalue weighted by Crippen LogP contribution is -2.29. The molecule has 2 aromatic heterocycles. The maximum atomic E-state index is 12.7. The van der Waals surface area contributed by atoms with Crippen LogP contribution in [0.4, 0.5) is 13.2 Å². The Bertz CT molecular complexity index is 584. The van der Waals surface area contributed by atoms with Crippen LogP contribution in [0.5, 0.6) is 0 Å². The van der Waals surface area contributed by atoms with Crippen LogP contribution >= 0.6 is 0 Å². The fraction of sp³-hybridized carbons (Fsp3) is 0.500. The first kappa shape index (κ1) is 12.4. The van der Waals surface area contributed by atoms with Gasteiger partial charge in [0.2, 0.25) is 0 Å². The zero-order chi connectivity index (χ0) is 13.5. The van der Waals surface area contributed by atoms with E-state index in [-0.39, 0.29) is 11.6 Å². The van der Waals surface area contributed by atoms with E-state index in [0.717, 1.165) is 37.7 Å². The molecule has 1 fully saturated rings. The standard InChI is InChI=1S/C12H13F3N4/c13-12(14,15)10-6-11-17-5-3-9(19(11)18-10)8-2-1-4-16-7-8/h3,5-6,8,16H,1-2,4,7H2. The lowest BCUT2D eigenvalue weighted by molar-refractivity contribution is -0.141. The fourth-order valence-electron chi connectivity index (χ4n) is 2.47. The summed E-state index contributed by atoms with van der Waals surface area (Å²) >= 11 is 0. The number of alkyl halides is 3. The molecule has 0 amide bonds. The zero-order valence-corrected chi connectivity index (χ0v) is 10.1. The summed E-state index contributed by atoms with van der Waals surface area (Å²) in [6.45, 7) is 1.72. The van der Waals surface area contributed by atoms with Crippen LogP contribution in [0.3, 0.4) is 0 Å². The maximum absolute atomic E-state index is 12.7. The van der Waals surface area contributed by atoms with Crippen LogP contribution in [0.15, 0.2) is 18.3 Å². The highest BCUT2D eigenvalue weighted by molar-refractivity contribution is 5.41. The molecular formula is C12H13F3N4. The van der Waals surface area contributed by atoms with Crippen LogP contribution in [0.25, 0.3) is 5.65 Å². The van der Waals surface area contributed by atoms with Crippen molar-refractivity contribution >= 4 is 5.65 Å². The van der Waals surface area contributed by atoms with E-state index in [1.165, 1.54) is 4.52 Å². The number of nitrogens with one attached hydrogen (secondary N) is 1. The van der Waals surface area contributed by atoms with Crippen molar-refractivity contribution in [2.75, 3.05) is 13.1 Å². The van der Waals surface area contributed by atoms with Gasteiger partial charge >= 0.3 is 6.18 Å². The predicted molar refractivity (Wildman–Crippen MR) is 62.8 cm³/mol. The highest BCUT2D eigenvalue weighted by atomic mass is 19.4. The SMILES string of the molecule is FC(F)(F)c1cc2nccc(C3CCCNC3)n2n1. The Hall–Kier alpha value is -1.63. The van der Waals surface area contributed by atoms with Crippen LogP contribution in [0, 0.1) is 0 Å². The number of piperidine rings is 1. The van der Waals surface area contributed by atoms with E-state index in [4.69, 9.17) is 0 Å². The molecule has 0 aliphatic carbocycles. The molecule has 1 atom stereocenters. The van der Waals surface area contributed by atoms with Gasteiger partial charge in [0.15, 0.2) is 11.3 Å². The van der Waals surface area contributed by atoms with Gasteiger partial charge in [-0.3, -0.25) is 0 Å². The molecule has 0 spiro atoms. The van der Waals surface area contributed by atoms with Gasteiger partial charge in [-0.05, 0) is 25.5 Å². The number of rotatable bonds is 1. The van der Waals surface area contributed by atoms with Gasteiger partial charge in [-0.15, -0.1) is 0 Å². The highest BCUT2D eigenvalue weighted by Gasteiger charge is 2.34. The summed E-state index contributed by atoms with van der Waals surface area (Å²) in [6.07, 6.45) is -0.925. The quantitative estimate of drug-likeness (QED) is 0.864. The topological polar surface area (TPSA) is 42.2 Å². The van der Waals surface area contributed by atoms with E-state index >= 15 is 0 Å². The first-order valence-electron chi connectivity index (χ1n) is 6.18. The number of aromatic nitrogens is 3. The number of hydrogen-bond donors (Lipinski definition) is 1. The predicted octanol–water partition coefficient (Wildman–Crippen LogP) is 2.22. The summed E-state index contributed by atoms with van der Waals surface area (Å²) in [6, 6.07) is 2.73. The van der Waals surface area contributed by atoms with Crippen LogP contribution in [0.1, 0.15) is 30.1 Å².